The number of rotatable bonds is 2. The number of aromatic amines is 1. The van der Waals surface area contributed by atoms with Crippen LogP contribution in [-0.4, -0.2) is 16.4 Å². The number of nitrogens with zero attached hydrogens (tertiary/aromatic N) is 1. The smallest absolute Gasteiger partial charge is 0.393 e. The van der Waals surface area contributed by atoms with Crippen molar-refractivity contribution in [1.82, 2.24) is 10.2 Å². The highest BCUT2D eigenvalue weighted by molar-refractivity contribution is 4.74. The maximum absolute atomic E-state index is 11.6. The number of hydrogen-bond acceptors (Lipinski definition) is 3. The molecule has 0 unspecified atom stereocenters. The molecule has 0 fully saturated rings. The van der Waals surface area contributed by atoms with Crippen molar-refractivity contribution < 1.29 is 17.6 Å². The maximum atomic E-state index is 11.6. The number of nitrogens with one attached hydrogen (secondary N) is 1. The van der Waals surface area contributed by atoms with Crippen LogP contribution < -0.4 is 5.76 Å². The quantitative estimate of drug-likeness (QED) is 0.737. The van der Waals surface area contributed by atoms with Crippen molar-refractivity contribution in [3.8, 4) is 0 Å². The van der Waals surface area contributed by atoms with E-state index in [1.165, 1.54) is 0 Å². The topological polar surface area (TPSA) is 58.9 Å². The zero-order valence-corrected chi connectivity index (χ0v) is 5.81. The fraction of sp³-hybridized carbons (Fsp3) is 0.600. The normalized spacial score (nSPS) is 11.9. The minimum Gasteiger partial charge on any atom is -0.393 e. The molecular weight excluding hydrogens is 177 g/mol. The highest BCUT2D eigenvalue weighted by Crippen LogP contribution is 2.20. The van der Waals surface area contributed by atoms with Crippen LogP contribution in [-0.2, 0) is 6.42 Å². The van der Waals surface area contributed by atoms with Crippen LogP contribution in [0.25, 0.3) is 0 Å². The predicted octanol–water partition coefficient (Wildman–Crippen LogP) is 0.858. The lowest BCUT2D eigenvalue weighted by Crippen LogP contribution is -2.08. The first-order valence-electron chi connectivity index (χ1n) is 3.08. The van der Waals surface area contributed by atoms with Crippen molar-refractivity contribution in [3.05, 3.63) is 16.4 Å². The van der Waals surface area contributed by atoms with E-state index in [9.17, 15) is 18.0 Å². The number of aromatic nitrogens is 2. The van der Waals surface area contributed by atoms with Gasteiger partial charge < -0.3 is 4.42 Å². The van der Waals surface area contributed by atoms with Crippen molar-refractivity contribution in [2.75, 3.05) is 0 Å². The molecule has 4 nitrogen and oxygen atoms in total. The van der Waals surface area contributed by atoms with Gasteiger partial charge in [-0.25, -0.2) is 9.89 Å². The molecule has 0 spiro atoms. The molecule has 1 aromatic rings. The molecular formula is C5H5F3N2O2. The second kappa shape index (κ2) is 3.00. The summed E-state index contributed by atoms with van der Waals surface area (Å²) in [7, 11) is 0. The van der Waals surface area contributed by atoms with Crippen LogP contribution in [0.1, 0.15) is 12.3 Å². The summed E-state index contributed by atoms with van der Waals surface area (Å²) in [5, 5.41) is 5.08. The summed E-state index contributed by atoms with van der Waals surface area (Å²) in [4.78, 5) is 10.2. The van der Waals surface area contributed by atoms with Crippen molar-refractivity contribution in [2.24, 2.45) is 0 Å². The molecule has 68 valence electrons. The summed E-state index contributed by atoms with van der Waals surface area (Å²) in [5.74, 6) is -1.07. The average molecular weight is 182 g/mol. The molecule has 0 aliphatic heterocycles. The minimum atomic E-state index is -4.25. The van der Waals surface area contributed by atoms with Gasteiger partial charge in [-0.05, 0) is 0 Å². The van der Waals surface area contributed by atoms with Crippen LogP contribution in [0.3, 0.4) is 0 Å². The minimum absolute atomic E-state index is 0.225. The molecule has 0 saturated carbocycles. The second-order valence-electron chi connectivity index (χ2n) is 2.12. The monoisotopic (exact) mass is 182 g/mol. The Hall–Kier alpha value is -1.27. The maximum Gasteiger partial charge on any atom is 0.434 e. The van der Waals surface area contributed by atoms with Crippen molar-refractivity contribution in [3.63, 3.8) is 0 Å². The molecule has 0 radical (unpaired) electrons. The summed E-state index contributed by atoms with van der Waals surface area (Å²) in [6.07, 6.45) is -5.71. The molecule has 7 heteroatoms. The highest BCUT2D eigenvalue weighted by atomic mass is 19.4. The average Bonchev–Trinajstić information content (AvgIpc) is 2.30. The van der Waals surface area contributed by atoms with E-state index in [0.29, 0.717) is 0 Å². The third-order valence-corrected chi connectivity index (χ3v) is 1.10. The Bertz CT molecular complexity index is 300. The molecule has 0 aliphatic carbocycles. The Kier molecular flexibility index (Phi) is 2.20. The first-order valence-corrected chi connectivity index (χ1v) is 3.08. The Morgan fingerprint density at radius 3 is 2.58 bits per heavy atom. The predicted molar refractivity (Wildman–Crippen MR) is 31.5 cm³/mol. The lowest BCUT2D eigenvalue weighted by Gasteiger charge is -2.01. The van der Waals surface area contributed by atoms with Gasteiger partial charge in [-0.15, -0.1) is 5.10 Å². The van der Waals surface area contributed by atoms with E-state index in [0.717, 1.165) is 0 Å². The van der Waals surface area contributed by atoms with Gasteiger partial charge in [0.2, 0.25) is 5.89 Å². The summed E-state index contributed by atoms with van der Waals surface area (Å²) in [6.45, 7) is 0. The van der Waals surface area contributed by atoms with Gasteiger partial charge in [0.1, 0.15) is 0 Å². The van der Waals surface area contributed by atoms with Gasteiger partial charge in [0.15, 0.2) is 0 Å². The summed E-state index contributed by atoms with van der Waals surface area (Å²) < 4.78 is 39.0. The van der Waals surface area contributed by atoms with E-state index in [4.69, 9.17) is 0 Å². The summed E-state index contributed by atoms with van der Waals surface area (Å²) in [6, 6.07) is 0. The van der Waals surface area contributed by atoms with E-state index in [1.54, 1.807) is 0 Å². The molecule has 0 amide bonds. The Labute approximate surface area is 64.4 Å². The van der Waals surface area contributed by atoms with Crippen molar-refractivity contribution in [2.45, 2.75) is 19.0 Å². The third-order valence-electron chi connectivity index (χ3n) is 1.10. The molecule has 1 N–H and O–H groups in total. The number of hydrogen-bond donors (Lipinski definition) is 1. The van der Waals surface area contributed by atoms with Crippen LogP contribution in [0.2, 0.25) is 0 Å². The molecule has 1 heterocycles. The van der Waals surface area contributed by atoms with Crippen LogP contribution >= 0.6 is 0 Å². The van der Waals surface area contributed by atoms with E-state index in [2.05, 4.69) is 9.52 Å². The fourth-order valence-corrected chi connectivity index (χ4v) is 0.616. The van der Waals surface area contributed by atoms with Gasteiger partial charge in [0.25, 0.3) is 0 Å². The van der Waals surface area contributed by atoms with E-state index < -0.39 is 24.8 Å². The largest absolute Gasteiger partial charge is 0.434 e. The van der Waals surface area contributed by atoms with E-state index in [1.807, 2.05) is 5.10 Å². The number of aryl methyl sites for hydroxylation is 1. The highest BCUT2D eigenvalue weighted by Gasteiger charge is 2.27. The van der Waals surface area contributed by atoms with Crippen LogP contribution in [0.15, 0.2) is 9.21 Å². The van der Waals surface area contributed by atoms with Gasteiger partial charge in [0, 0.05) is 6.42 Å². The molecule has 0 aliphatic rings. The van der Waals surface area contributed by atoms with Crippen molar-refractivity contribution in [1.29, 1.82) is 0 Å². The Balaban J connectivity index is 2.49. The van der Waals surface area contributed by atoms with Gasteiger partial charge in [-0.1, -0.05) is 0 Å². The van der Waals surface area contributed by atoms with Crippen LogP contribution in [0.4, 0.5) is 13.2 Å². The first-order chi connectivity index (χ1) is 5.47. The lowest BCUT2D eigenvalue weighted by molar-refractivity contribution is -0.134. The van der Waals surface area contributed by atoms with Crippen molar-refractivity contribution >= 4 is 0 Å². The molecule has 0 aromatic carbocycles. The SMILES string of the molecule is O=c1[nH]nc(CCC(F)(F)F)o1. The Morgan fingerprint density at radius 1 is 1.50 bits per heavy atom. The second-order valence-corrected chi connectivity index (χ2v) is 2.12. The van der Waals surface area contributed by atoms with Gasteiger partial charge >= 0.3 is 11.9 Å². The molecule has 1 aromatic heterocycles. The van der Waals surface area contributed by atoms with Crippen LogP contribution in [0, 0.1) is 0 Å². The summed E-state index contributed by atoms with van der Waals surface area (Å²) in [5.41, 5.74) is 0. The number of H-pyrrole nitrogens is 1. The molecule has 0 saturated heterocycles. The molecule has 12 heavy (non-hydrogen) atoms. The van der Waals surface area contributed by atoms with Gasteiger partial charge in [0.05, 0.1) is 6.42 Å². The standard InChI is InChI=1S/C5H5F3N2O2/c6-5(7,8)2-1-3-9-10-4(11)12-3/h1-2H2,(H,10,11). The van der Waals surface area contributed by atoms with Gasteiger partial charge in [-0.3, -0.25) is 0 Å². The van der Waals surface area contributed by atoms with Gasteiger partial charge in [-0.2, -0.15) is 13.2 Å². The van der Waals surface area contributed by atoms with E-state index >= 15 is 0 Å². The number of alkyl halides is 3. The summed E-state index contributed by atoms with van der Waals surface area (Å²) >= 11 is 0. The third kappa shape index (κ3) is 2.77. The first kappa shape index (κ1) is 8.82. The van der Waals surface area contributed by atoms with E-state index in [-0.39, 0.29) is 5.89 Å². The fourth-order valence-electron chi connectivity index (χ4n) is 0.616. The number of halogens is 3. The zero-order valence-electron chi connectivity index (χ0n) is 5.81. The Morgan fingerprint density at radius 2 is 2.17 bits per heavy atom. The van der Waals surface area contributed by atoms with Crippen LogP contribution in [0.5, 0.6) is 0 Å². The lowest BCUT2D eigenvalue weighted by atomic mass is 10.3. The molecule has 1 rings (SSSR count). The molecule has 0 bridgehead atoms. The molecule has 0 atom stereocenters. The zero-order chi connectivity index (χ0) is 9.19.